The molecule has 0 spiro atoms. The van der Waals surface area contributed by atoms with Crippen LogP contribution in [0.3, 0.4) is 0 Å². The number of carboxylic acid groups (broad SMARTS) is 1. The van der Waals surface area contributed by atoms with Crippen molar-refractivity contribution in [1.82, 2.24) is 0 Å². The Balaban J connectivity index is 0.00000196. The number of hydrogen-bond donors (Lipinski definition) is 0. The summed E-state index contributed by atoms with van der Waals surface area (Å²) < 4.78 is 15.2. The molecule has 1 aliphatic heterocycles. The van der Waals surface area contributed by atoms with Crippen LogP contribution in [0.15, 0.2) is 51.7 Å². The largest absolute Gasteiger partial charge is 1.00 e. The second-order valence-electron chi connectivity index (χ2n) is 5.37. The SMILES string of the molecule is O=C([O-])Oc1cc(=O)c2c3c(ccc2o1)C(=O)c1ccccc1CO3.[Na+]. The summed E-state index contributed by atoms with van der Waals surface area (Å²) in [5, 5.41) is 10.5. The van der Waals surface area contributed by atoms with E-state index in [-0.39, 0.29) is 64.2 Å². The summed E-state index contributed by atoms with van der Waals surface area (Å²) >= 11 is 0. The standard InChI is InChI=1S/C18H10O7.Na/c19-12-7-14(25-18(21)22)24-13-6-5-11-16(20)10-4-2-1-3-9(10)8-23-17(11)15(12)13;/h1-7H,8H2,(H,21,22);/q;+1/p-1. The molecule has 0 unspecified atom stereocenters. The van der Waals surface area contributed by atoms with Gasteiger partial charge in [-0.1, -0.05) is 24.3 Å². The molecule has 0 N–H and O–H groups in total. The molecule has 0 aliphatic carbocycles. The molecule has 1 aliphatic rings. The van der Waals surface area contributed by atoms with Crippen LogP contribution in [0.4, 0.5) is 4.79 Å². The van der Waals surface area contributed by atoms with Gasteiger partial charge in [-0.05, 0) is 12.1 Å². The molecule has 3 aromatic rings. The van der Waals surface area contributed by atoms with Crippen LogP contribution in [-0.2, 0) is 6.61 Å². The molecule has 0 bridgehead atoms. The first-order chi connectivity index (χ1) is 12.0. The topological polar surface area (TPSA) is 106 Å². The average Bonchev–Trinajstić information content (AvgIpc) is 2.71. The van der Waals surface area contributed by atoms with Gasteiger partial charge in [0.05, 0.1) is 5.56 Å². The van der Waals surface area contributed by atoms with Crippen LogP contribution in [0.25, 0.3) is 11.0 Å². The van der Waals surface area contributed by atoms with Gasteiger partial charge in [0.15, 0.2) is 11.2 Å². The monoisotopic (exact) mass is 360 g/mol. The first kappa shape index (κ1) is 18.2. The summed E-state index contributed by atoms with van der Waals surface area (Å²) in [6, 6.07) is 10.7. The van der Waals surface area contributed by atoms with Crippen LogP contribution in [0.5, 0.6) is 11.7 Å². The second kappa shape index (κ2) is 6.95. The van der Waals surface area contributed by atoms with Crippen molar-refractivity contribution in [1.29, 1.82) is 0 Å². The van der Waals surface area contributed by atoms with E-state index in [2.05, 4.69) is 4.74 Å². The van der Waals surface area contributed by atoms with E-state index < -0.39 is 17.5 Å². The maximum absolute atomic E-state index is 12.8. The molecule has 26 heavy (non-hydrogen) atoms. The molecule has 0 saturated heterocycles. The normalized spacial score (nSPS) is 12.2. The van der Waals surface area contributed by atoms with Gasteiger partial charge in [0.2, 0.25) is 5.95 Å². The van der Waals surface area contributed by atoms with Gasteiger partial charge in [0.1, 0.15) is 23.3 Å². The van der Waals surface area contributed by atoms with Crippen LogP contribution in [-0.4, -0.2) is 11.9 Å². The minimum Gasteiger partial charge on any atom is -0.487 e. The second-order valence-corrected chi connectivity index (χ2v) is 5.37. The number of ketones is 1. The molecular weight excluding hydrogens is 351 g/mol. The number of benzene rings is 2. The Morgan fingerprint density at radius 3 is 2.62 bits per heavy atom. The Morgan fingerprint density at radius 2 is 1.85 bits per heavy atom. The summed E-state index contributed by atoms with van der Waals surface area (Å²) in [6.07, 6.45) is -1.85. The minimum absolute atomic E-state index is 0. The van der Waals surface area contributed by atoms with E-state index in [9.17, 15) is 19.5 Å². The van der Waals surface area contributed by atoms with Gasteiger partial charge in [-0.3, -0.25) is 9.59 Å². The summed E-state index contributed by atoms with van der Waals surface area (Å²) in [4.78, 5) is 35.7. The first-order valence-electron chi connectivity index (χ1n) is 7.29. The quantitative estimate of drug-likeness (QED) is 0.390. The molecule has 0 amide bonds. The summed E-state index contributed by atoms with van der Waals surface area (Å²) in [5.74, 6) is -0.674. The van der Waals surface area contributed by atoms with Crippen LogP contribution in [0.2, 0.25) is 0 Å². The van der Waals surface area contributed by atoms with Gasteiger partial charge < -0.3 is 23.8 Å². The molecule has 0 atom stereocenters. The maximum atomic E-state index is 12.8. The number of carbonyl (C=O) groups is 2. The van der Waals surface area contributed by atoms with Crippen LogP contribution >= 0.6 is 0 Å². The van der Waals surface area contributed by atoms with E-state index in [0.29, 0.717) is 11.1 Å². The molecular formula is C18H9NaO7. The van der Waals surface area contributed by atoms with Crippen molar-refractivity contribution in [2.45, 2.75) is 6.61 Å². The Kier molecular flexibility index (Phi) is 4.86. The van der Waals surface area contributed by atoms with E-state index in [1.807, 2.05) is 0 Å². The summed E-state index contributed by atoms with van der Waals surface area (Å²) in [5.41, 5.74) is 0.896. The molecule has 124 valence electrons. The predicted octanol–water partition coefficient (Wildman–Crippen LogP) is -1.36. The average molecular weight is 360 g/mol. The zero-order valence-electron chi connectivity index (χ0n) is 13.6. The van der Waals surface area contributed by atoms with Gasteiger partial charge >= 0.3 is 29.6 Å². The third-order valence-electron chi connectivity index (χ3n) is 3.89. The fraction of sp³-hybridized carbons (Fsp3) is 0.0556. The van der Waals surface area contributed by atoms with Crippen molar-refractivity contribution in [2.24, 2.45) is 0 Å². The fourth-order valence-electron chi connectivity index (χ4n) is 2.82. The Bertz CT molecular complexity index is 1100. The number of carbonyl (C=O) groups excluding carboxylic acids is 2. The molecule has 2 heterocycles. The number of fused-ring (bicyclic) bond motifs is 4. The van der Waals surface area contributed by atoms with Crippen LogP contribution in [0.1, 0.15) is 21.5 Å². The van der Waals surface area contributed by atoms with E-state index in [0.717, 1.165) is 6.07 Å². The van der Waals surface area contributed by atoms with Crippen molar-refractivity contribution >= 4 is 22.9 Å². The van der Waals surface area contributed by atoms with E-state index in [1.54, 1.807) is 24.3 Å². The zero-order chi connectivity index (χ0) is 17.6. The van der Waals surface area contributed by atoms with Crippen LogP contribution < -0.4 is 49.6 Å². The van der Waals surface area contributed by atoms with Gasteiger partial charge in [-0.2, -0.15) is 0 Å². The first-order valence-corrected chi connectivity index (χ1v) is 7.29. The minimum atomic E-state index is -1.85. The number of hydrogen-bond acceptors (Lipinski definition) is 7. The molecule has 0 saturated carbocycles. The Morgan fingerprint density at radius 1 is 1.08 bits per heavy atom. The third-order valence-corrected chi connectivity index (χ3v) is 3.89. The van der Waals surface area contributed by atoms with Crippen LogP contribution in [0, 0.1) is 0 Å². The van der Waals surface area contributed by atoms with Gasteiger partial charge in [-0.25, -0.2) is 0 Å². The Hall–Kier alpha value is -2.61. The van der Waals surface area contributed by atoms with Gasteiger partial charge in [0, 0.05) is 17.2 Å². The summed E-state index contributed by atoms with van der Waals surface area (Å²) in [7, 11) is 0. The predicted molar refractivity (Wildman–Crippen MR) is 82.7 cm³/mol. The molecule has 1 aromatic heterocycles. The molecule has 0 fully saturated rings. The van der Waals surface area contributed by atoms with E-state index in [4.69, 9.17) is 9.15 Å². The summed E-state index contributed by atoms with van der Waals surface area (Å²) in [6.45, 7) is 0.116. The fourth-order valence-corrected chi connectivity index (χ4v) is 2.82. The number of ether oxygens (including phenoxy) is 2. The van der Waals surface area contributed by atoms with Gasteiger partial charge in [-0.15, -0.1) is 0 Å². The van der Waals surface area contributed by atoms with E-state index in [1.165, 1.54) is 12.1 Å². The third kappa shape index (κ3) is 3.01. The zero-order valence-corrected chi connectivity index (χ0v) is 15.6. The van der Waals surface area contributed by atoms with Crippen molar-refractivity contribution in [3.8, 4) is 11.7 Å². The van der Waals surface area contributed by atoms with Crippen molar-refractivity contribution in [3.05, 3.63) is 69.4 Å². The molecule has 0 radical (unpaired) electrons. The van der Waals surface area contributed by atoms with Gasteiger partial charge in [0.25, 0.3) is 6.16 Å². The Labute approximate surface area is 168 Å². The smallest absolute Gasteiger partial charge is 0.487 e. The maximum Gasteiger partial charge on any atom is 1.00 e. The molecule has 2 aromatic carbocycles. The van der Waals surface area contributed by atoms with Crippen molar-refractivity contribution < 1.29 is 58.1 Å². The van der Waals surface area contributed by atoms with E-state index >= 15 is 0 Å². The molecule has 8 heteroatoms. The number of rotatable bonds is 1. The van der Waals surface area contributed by atoms with Crippen molar-refractivity contribution in [2.75, 3.05) is 0 Å². The molecule has 7 nitrogen and oxygen atoms in total. The molecule has 4 rings (SSSR count). The van der Waals surface area contributed by atoms with Crippen molar-refractivity contribution in [3.63, 3.8) is 0 Å².